The van der Waals surface area contributed by atoms with Gasteiger partial charge in [0.25, 0.3) is 0 Å². The molecule has 1 N–H and O–H groups in total. The van der Waals surface area contributed by atoms with Crippen molar-refractivity contribution < 1.29 is 8.83 Å². The molecule has 0 saturated carbocycles. The van der Waals surface area contributed by atoms with Gasteiger partial charge < -0.3 is 14.2 Å². The van der Waals surface area contributed by atoms with E-state index >= 15 is 0 Å². The highest BCUT2D eigenvalue weighted by atomic mass is 16.3. The minimum absolute atomic E-state index is 0.214. The second kappa shape index (κ2) is 11.6. The van der Waals surface area contributed by atoms with Gasteiger partial charge in [-0.2, -0.15) is 0 Å². The summed E-state index contributed by atoms with van der Waals surface area (Å²) in [5, 5.41) is 8.00. The highest BCUT2D eigenvalue weighted by Crippen LogP contribution is 2.42. The molecule has 1 atom stereocenters. The van der Waals surface area contributed by atoms with Crippen LogP contribution in [0.4, 0.5) is 0 Å². The van der Waals surface area contributed by atoms with Crippen molar-refractivity contribution in [3.8, 4) is 22.3 Å². The predicted molar refractivity (Wildman–Crippen MR) is 205 cm³/mol. The molecule has 2 aliphatic rings. The Morgan fingerprint density at radius 1 is 0.540 bits per heavy atom. The fourth-order valence-corrected chi connectivity index (χ4v) is 7.38. The van der Waals surface area contributed by atoms with E-state index in [9.17, 15) is 0 Å². The van der Waals surface area contributed by atoms with Crippen LogP contribution >= 0.6 is 0 Å². The quantitative estimate of drug-likeness (QED) is 0.203. The number of amidine groups is 2. The van der Waals surface area contributed by atoms with Crippen LogP contribution in [0.3, 0.4) is 0 Å². The van der Waals surface area contributed by atoms with Crippen LogP contribution in [0, 0.1) is 0 Å². The molecule has 5 heteroatoms. The van der Waals surface area contributed by atoms with Crippen molar-refractivity contribution in [3.05, 3.63) is 168 Å². The summed E-state index contributed by atoms with van der Waals surface area (Å²) in [6.45, 7) is 0. The largest absolute Gasteiger partial charge is 0.456 e. The van der Waals surface area contributed by atoms with Crippen molar-refractivity contribution in [1.82, 2.24) is 5.32 Å². The predicted octanol–water partition coefficient (Wildman–Crippen LogP) is 11.2. The Labute approximate surface area is 288 Å². The number of rotatable bonds is 5. The van der Waals surface area contributed by atoms with Crippen molar-refractivity contribution in [3.63, 3.8) is 0 Å². The molecule has 2 aromatic heterocycles. The standard InChI is InChI=1S/C45H31N3O2/c1-3-12-28(13-4-1)43-46-44(29-14-5-2-6-15-29)48-45(47-43)31-22-24-34-37-26-30(23-25-39(37)50-41(34)27-31)32-16-7-8-17-33(32)35-19-11-21-40-42(35)36-18-9-10-20-38(36)49-40/h1,3-5,7-27,44H,2,6H2,(H,46,47,48). The number of allylic oxidation sites excluding steroid dienone is 2. The third-order valence-corrected chi connectivity index (χ3v) is 9.79. The van der Waals surface area contributed by atoms with Crippen LogP contribution in [0.5, 0.6) is 0 Å². The average Bonchev–Trinajstić information content (AvgIpc) is 3.76. The molecule has 5 nitrogen and oxygen atoms in total. The van der Waals surface area contributed by atoms with Gasteiger partial charge in [-0.3, -0.25) is 0 Å². The number of nitrogens with one attached hydrogen (secondary N) is 1. The zero-order valence-electron chi connectivity index (χ0n) is 27.1. The molecular formula is C45H31N3O2. The second-order valence-corrected chi connectivity index (χ2v) is 12.9. The van der Waals surface area contributed by atoms with Crippen LogP contribution < -0.4 is 5.32 Å². The third-order valence-electron chi connectivity index (χ3n) is 9.79. The summed E-state index contributed by atoms with van der Waals surface area (Å²) in [6.07, 6.45) is 8.51. The molecule has 3 heterocycles. The number of para-hydroxylation sites is 1. The van der Waals surface area contributed by atoms with Gasteiger partial charge in [-0.15, -0.1) is 0 Å². The molecule has 0 fully saturated rings. The molecule has 0 amide bonds. The SMILES string of the molecule is C1=CC(C2N=C(c3ccccc3)N=C(c3ccc4c(c3)oc3ccc(-c5ccccc5-c5cccc6oc7ccccc7c56)cc34)N2)=CCC1. The number of benzene rings is 6. The fraction of sp³-hybridized carbons (Fsp3) is 0.0667. The number of hydrogen-bond acceptors (Lipinski definition) is 5. The Morgan fingerprint density at radius 2 is 1.30 bits per heavy atom. The minimum atomic E-state index is -0.214. The van der Waals surface area contributed by atoms with E-state index in [2.05, 4.69) is 121 Å². The van der Waals surface area contributed by atoms with Gasteiger partial charge in [0.15, 0.2) is 5.84 Å². The molecule has 1 aliphatic carbocycles. The first-order valence-electron chi connectivity index (χ1n) is 17.1. The van der Waals surface area contributed by atoms with E-state index in [1.807, 2.05) is 36.4 Å². The molecule has 0 saturated heterocycles. The molecule has 238 valence electrons. The van der Waals surface area contributed by atoms with E-state index in [0.717, 1.165) is 107 Å². The summed E-state index contributed by atoms with van der Waals surface area (Å²) >= 11 is 0. The highest BCUT2D eigenvalue weighted by molar-refractivity contribution is 6.16. The van der Waals surface area contributed by atoms with Crippen molar-refractivity contribution in [2.75, 3.05) is 0 Å². The maximum absolute atomic E-state index is 6.49. The third kappa shape index (κ3) is 4.78. The number of hydrogen-bond donors (Lipinski definition) is 1. The first-order valence-corrected chi connectivity index (χ1v) is 17.1. The van der Waals surface area contributed by atoms with Crippen LogP contribution in [0.1, 0.15) is 24.0 Å². The number of nitrogens with zero attached hydrogens (tertiary/aromatic N) is 2. The van der Waals surface area contributed by atoms with Crippen molar-refractivity contribution in [2.24, 2.45) is 9.98 Å². The minimum Gasteiger partial charge on any atom is -0.456 e. The number of aliphatic imine (C=N–C) groups is 2. The number of fused-ring (bicyclic) bond motifs is 6. The average molecular weight is 646 g/mol. The molecular weight excluding hydrogens is 615 g/mol. The van der Waals surface area contributed by atoms with Crippen molar-refractivity contribution in [1.29, 1.82) is 0 Å². The van der Waals surface area contributed by atoms with E-state index in [-0.39, 0.29) is 6.17 Å². The van der Waals surface area contributed by atoms with Crippen LogP contribution in [0.2, 0.25) is 0 Å². The van der Waals surface area contributed by atoms with Gasteiger partial charge in [0.05, 0.1) is 0 Å². The first kappa shape index (κ1) is 28.5. The lowest BCUT2D eigenvalue weighted by Gasteiger charge is -2.25. The highest BCUT2D eigenvalue weighted by Gasteiger charge is 2.23. The van der Waals surface area contributed by atoms with E-state index < -0.39 is 0 Å². The molecule has 1 unspecified atom stereocenters. The molecule has 0 bridgehead atoms. The molecule has 50 heavy (non-hydrogen) atoms. The maximum atomic E-state index is 6.49. The molecule has 0 spiro atoms. The van der Waals surface area contributed by atoms with Crippen molar-refractivity contribution >= 4 is 55.5 Å². The second-order valence-electron chi connectivity index (χ2n) is 12.9. The monoisotopic (exact) mass is 645 g/mol. The molecule has 0 radical (unpaired) electrons. The molecule has 1 aliphatic heterocycles. The van der Waals surface area contributed by atoms with Crippen LogP contribution in [-0.4, -0.2) is 17.8 Å². The lowest BCUT2D eigenvalue weighted by atomic mass is 9.91. The van der Waals surface area contributed by atoms with Crippen LogP contribution in [0.15, 0.2) is 176 Å². The normalized spacial score (nSPS) is 16.1. The fourth-order valence-electron chi connectivity index (χ4n) is 7.38. The summed E-state index contributed by atoms with van der Waals surface area (Å²) in [6, 6.07) is 46.2. The summed E-state index contributed by atoms with van der Waals surface area (Å²) in [7, 11) is 0. The summed E-state index contributed by atoms with van der Waals surface area (Å²) in [4.78, 5) is 10.0. The Morgan fingerprint density at radius 3 is 2.20 bits per heavy atom. The zero-order chi connectivity index (χ0) is 33.0. The first-order chi connectivity index (χ1) is 24.8. The smallest absolute Gasteiger partial charge is 0.159 e. The molecule has 10 rings (SSSR count). The summed E-state index contributed by atoms with van der Waals surface area (Å²) in [5.41, 5.74) is 11.2. The summed E-state index contributed by atoms with van der Waals surface area (Å²) < 4.78 is 12.7. The number of furan rings is 2. The molecule has 6 aromatic carbocycles. The molecule has 8 aromatic rings. The van der Waals surface area contributed by atoms with Crippen molar-refractivity contribution in [2.45, 2.75) is 19.0 Å². The topological polar surface area (TPSA) is 63.0 Å². The Hall–Kier alpha value is -6.46. The summed E-state index contributed by atoms with van der Waals surface area (Å²) in [5.74, 6) is 1.50. The van der Waals surface area contributed by atoms with Gasteiger partial charge >= 0.3 is 0 Å². The van der Waals surface area contributed by atoms with E-state index in [0.29, 0.717) is 0 Å². The van der Waals surface area contributed by atoms with Gasteiger partial charge in [0.2, 0.25) is 0 Å². The van der Waals surface area contributed by atoms with E-state index in [4.69, 9.17) is 18.8 Å². The maximum Gasteiger partial charge on any atom is 0.159 e. The Balaban J connectivity index is 1.06. The van der Waals surface area contributed by atoms with Crippen LogP contribution in [0.25, 0.3) is 66.1 Å². The Kier molecular flexibility index (Phi) is 6.62. The lowest BCUT2D eigenvalue weighted by molar-refractivity contribution is 0.668. The van der Waals surface area contributed by atoms with Gasteiger partial charge in [-0.25, -0.2) is 9.98 Å². The van der Waals surface area contributed by atoms with Gasteiger partial charge in [0, 0.05) is 32.7 Å². The van der Waals surface area contributed by atoms with Gasteiger partial charge in [-0.05, 0) is 77.1 Å². The van der Waals surface area contributed by atoms with Gasteiger partial charge in [0.1, 0.15) is 34.3 Å². The lowest BCUT2D eigenvalue weighted by Crippen LogP contribution is -2.40. The van der Waals surface area contributed by atoms with Gasteiger partial charge in [-0.1, -0.05) is 115 Å². The van der Waals surface area contributed by atoms with E-state index in [1.54, 1.807) is 0 Å². The van der Waals surface area contributed by atoms with Crippen LogP contribution in [-0.2, 0) is 0 Å². The zero-order valence-corrected chi connectivity index (χ0v) is 27.1. The van der Waals surface area contributed by atoms with E-state index in [1.165, 1.54) is 0 Å². The Bertz CT molecular complexity index is 2740.